The number of carbonyl (C=O) groups is 1. The lowest BCUT2D eigenvalue weighted by Gasteiger charge is -2.01. The molecule has 0 unspecified atom stereocenters. The maximum Gasteiger partial charge on any atom is 0.276 e. The Hall–Kier alpha value is -2.66. The summed E-state index contributed by atoms with van der Waals surface area (Å²) in [5, 5.41) is 14.1. The molecular formula is C15H11ClN2O3. The molecule has 5 nitrogen and oxygen atoms in total. The van der Waals surface area contributed by atoms with Crippen LogP contribution in [0.5, 0.6) is 0 Å². The molecule has 2 aromatic rings. The second kappa shape index (κ2) is 6.67. The van der Waals surface area contributed by atoms with Gasteiger partial charge in [-0.3, -0.25) is 14.9 Å². The van der Waals surface area contributed by atoms with Gasteiger partial charge in [0.15, 0.2) is 0 Å². The van der Waals surface area contributed by atoms with Crippen LogP contribution in [0.2, 0.25) is 5.02 Å². The van der Waals surface area contributed by atoms with E-state index in [-0.39, 0.29) is 11.6 Å². The van der Waals surface area contributed by atoms with Crippen molar-refractivity contribution < 1.29 is 9.72 Å². The summed E-state index contributed by atoms with van der Waals surface area (Å²) in [5.41, 5.74) is 0.915. The van der Waals surface area contributed by atoms with Crippen molar-refractivity contribution >= 4 is 35.0 Å². The largest absolute Gasteiger partial charge is 0.323 e. The molecule has 0 saturated heterocycles. The topological polar surface area (TPSA) is 72.2 Å². The second-order valence-corrected chi connectivity index (χ2v) is 4.58. The predicted molar refractivity (Wildman–Crippen MR) is 82.2 cm³/mol. The monoisotopic (exact) mass is 302 g/mol. The Balaban J connectivity index is 2.09. The van der Waals surface area contributed by atoms with Crippen LogP contribution in [0.4, 0.5) is 11.4 Å². The lowest BCUT2D eigenvalue weighted by molar-refractivity contribution is -0.385. The first kappa shape index (κ1) is 14.7. The zero-order valence-corrected chi connectivity index (χ0v) is 11.6. The lowest BCUT2D eigenvalue weighted by atomic mass is 10.1. The maximum atomic E-state index is 11.8. The van der Waals surface area contributed by atoms with Gasteiger partial charge in [-0.1, -0.05) is 23.7 Å². The van der Waals surface area contributed by atoms with Crippen molar-refractivity contribution in [3.63, 3.8) is 0 Å². The number of halogens is 1. The van der Waals surface area contributed by atoms with E-state index in [1.165, 1.54) is 18.2 Å². The van der Waals surface area contributed by atoms with Gasteiger partial charge in [-0.05, 0) is 36.4 Å². The average molecular weight is 303 g/mol. The van der Waals surface area contributed by atoms with Crippen LogP contribution in [0.15, 0.2) is 54.6 Å². The van der Waals surface area contributed by atoms with E-state index < -0.39 is 4.92 Å². The third kappa shape index (κ3) is 4.15. The third-order valence-electron chi connectivity index (χ3n) is 2.66. The Kier molecular flexibility index (Phi) is 4.68. The fourth-order valence-corrected chi connectivity index (χ4v) is 1.80. The van der Waals surface area contributed by atoms with Crippen molar-refractivity contribution in [2.45, 2.75) is 0 Å². The number of nitro benzene ring substituents is 1. The van der Waals surface area contributed by atoms with E-state index in [9.17, 15) is 14.9 Å². The van der Waals surface area contributed by atoms with Crippen molar-refractivity contribution in [1.82, 2.24) is 0 Å². The number of anilines is 1. The zero-order valence-electron chi connectivity index (χ0n) is 10.8. The van der Waals surface area contributed by atoms with Gasteiger partial charge in [0, 0.05) is 22.9 Å². The number of hydrogen-bond donors (Lipinski definition) is 1. The summed E-state index contributed by atoms with van der Waals surface area (Å²) in [7, 11) is 0. The summed E-state index contributed by atoms with van der Waals surface area (Å²) in [5.74, 6) is -0.379. The number of nitrogens with zero attached hydrogens (tertiary/aromatic N) is 1. The van der Waals surface area contributed by atoms with E-state index in [4.69, 9.17) is 11.6 Å². The summed E-state index contributed by atoms with van der Waals surface area (Å²) < 4.78 is 0. The van der Waals surface area contributed by atoms with Gasteiger partial charge in [0.2, 0.25) is 5.91 Å². The number of benzene rings is 2. The minimum atomic E-state index is -0.489. The normalized spacial score (nSPS) is 10.5. The molecule has 0 heterocycles. The molecule has 0 atom stereocenters. The van der Waals surface area contributed by atoms with Crippen LogP contribution < -0.4 is 5.32 Å². The van der Waals surface area contributed by atoms with Gasteiger partial charge in [-0.2, -0.15) is 0 Å². The first-order chi connectivity index (χ1) is 10.1. The first-order valence-corrected chi connectivity index (χ1v) is 6.42. The molecule has 0 aliphatic carbocycles. The number of hydrogen-bond acceptors (Lipinski definition) is 3. The van der Waals surface area contributed by atoms with Crippen molar-refractivity contribution in [2.75, 3.05) is 5.32 Å². The van der Waals surface area contributed by atoms with Crippen LogP contribution in [0.3, 0.4) is 0 Å². The van der Waals surface area contributed by atoms with Crippen molar-refractivity contribution in [2.24, 2.45) is 0 Å². The molecule has 2 rings (SSSR count). The van der Waals surface area contributed by atoms with Crippen LogP contribution in [0.25, 0.3) is 6.08 Å². The number of nitro groups is 1. The molecule has 0 fully saturated rings. The Morgan fingerprint density at radius 3 is 2.48 bits per heavy atom. The summed E-state index contributed by atoms with van der Waals surface area (Å²) in [4.78, 5) is 22.1. The summed E-state index contributed by atoms with van der Waals surface area (Å²) in [6.45, 7) is 0. The molecule has 0 aromatic heterocycles. The quantitative estimate of drug-likeness (QED) is 0.529. The Labute approximate surface area is 126 Å². The van der Waals surface area contributed by atoms with E-state index in [1.807, 2.05) is 0 Å². The molecule has 0 aliphatic rings. The minimum absolute atomic E-state index is 0.0481. The van der Waals surface area contributed by atoms with Gasteiger partial charge < -0.3 is 5.32 Å². The third-order valence-corrected chi connectivity index (χ3v) is 2.91. The molecular weight excluding hydrogens is 292 g/mol. The number of carbonyl (C=O) groups excluding carboxylic acids is 1. The highest BCUT2D eigenvalue weighted by atomic mass is 35.5. The lowest BCUT2D eigenvalue weighted by Crippen LogP contribution is -2.07. The fraction of sp³-hybridized carbons (Fsp3) is 0. The van der Waals surface area contributed by atoms with Crippen molar-refractivity contribution in [1.29, 1.82) is 0 Å². The average Bonchev–Trinajstić information content (AvgIpc) is 2.48. The number of rotatable bonds is 4. The van der Waals surface area contributed by atoms with Gasteiger partial charge in [0.05, 0.1) is 10.5 Å². The van der Waals surface area contributed by atoms with Crippen molar-refractivity contribution in [3.05, 3.63) is 75.3 Å². The maximum absolute atomic E-state index is 11.8. The Bertz CT molecular complexity index is 696. The van der Waals surface area contributed by atoms with Gasteiger partial charge >= 0.3 is 0 Å². The number of nitrogens with one attached hydrogen (secondary N) is 1. The van der Waals surface area contributed by atoms with E-state index >= 15 is 0 Å². The number of amides is 1. The molecule has 6 heteroatoms. The van der Waals surface area contributed by atoms with E-state index in [0.717, 1.165) is 0 Å². The van der Waals surface area contributed by atoms with Crippen LogP contribution in [0.1, 0.15) is 5.56 Å². The van der Waals surface area contributed by atoms with Gasteiger partial charge in [-0.15, -0.1) is 0 Å². The SMILES string of the molecule is O=C(C=Cc1ccccc1[N+](=O)[O-])Nc1ccc(Cl)cc1. The molecule has 0 saturated carbocycles. The van der Waals surface area contributed by atoms with E-state index in [1.54, 1.807) is 42.5 Å². The molecule has 0 spiro atoms. The molecule has 0 bridgehead atoms. The van der Waals surface area contributed by atoms with Crippen molar-refractivity contribution in [3.8, 4) is 0 Å². The summed E-state index contributed by atoms with van der Waals surface area (Å²) >= 11 is 5.75. The highest BCUT2D eigenvalue weighted by Crippen LogP contribution is 2.19. The molecule has 2 aromatic carbocycles. The van der Waals surface area contributed by atoms with Crippen LogP contribution in [0, 0.1) is 10.1 Å². The zero-order chi connectivity index (χ0) is 15.2. The highest BCUT2D eigenvalue weighted by molar-refractivity contribution is 6.30. The van der Waals surface area contributed by atoms with E-state index in [2.05, 4.69) is 5.32 Å². The molecule has 1 N–H and O–H groups in total. The van der Waals surface area contributed by atoms with Gasteiger partial charge in [0.1, 0.15) is 0 Å². The molecule has 0 aliphatic heterocycles. The number of para-hydroxylation sites is 1. The summed E-state index contributed by atoms with van der Waals surface area (Å²) in [6.07, 6.45) is 2.65. The van der Waals surface area contributed by atoms with Crippen LogP contribution >= 0.6 is 11.6 Å². The molecule has 1 amide bonds. The molecule has 0 radical (unpaired) electrons. The summed E-state index contributed by atoms with van der Waals surface area (Å²) in [6, 6.07) is 12.8. The van der Waals surface area contributed by atoms with Crippen LogP contribution in [-0.2, 0) is 4.79 Å². The standard InChI is InChI=1S/C15H11ClN2O3/c16-12-6-8-13(9-7-12)17-15(19)10-5-11-3-1-2-4-14(11)18(20)21/h1-10H,(H,17,19). The molecule has 21 heavy (non-hydrogen) atoms. The van der Waals surface area contributed by atoms with Gasteiger partial charge in [0.25, 0.3) is 5.69 Å². The van der Waals surface area contributed by atoms with E-state index in [0.29, 0.717) is 16.3 Å². The predicted octanol–water partition coefficient (Wildman–Crippen LogP) is 3.90. The van der Waals surface area contributed by atoms with Gasteiger partial charge in [-0.25, -0.2) is 0 Å². The first-order valence-electron chi connectivity index (χ1n) is 6.04. The second-order valence-electron chi connectivity index (χ2n) is 4.15. The Morgan fingerprint density at radius 1 is 1.14 bits per heavy atom. The molecule has 106 valence electrons. The Morgan fingerprint density at radius 2 is 1.81 bits per heavy atom. The minimum Gasteiger partial charge on any atom is -0.323 e. The highest BCUT2D eigenvalue weighted by Gasteiger charge is 2.09. The fourth-order valence-electron chi connectivity index (χ4n) is 1.68. The smallest absolute Gasteiger partial charge is 0.276 e. The van der Waals surface area contributed by atoms with Crippen LogP contribution in [-0.4, -0.2) is 10.8 Å².